The monoisotopic (exact) mass is 486 g/mol. The maximum atomic E-state index is 12.3. The zero-order chi connectivity index (χ0) is 22.6. The van der Waals surface area contributed by atoms with Crippen molar-refractivity contribution >= 4 is 28.9 Å². The molecular weight excluding hydrogens is 455 g/mol. The first-order valence-electron chi connectivity index (χ1n) is 10.8. The average molecular weight is 487 g/mol. The highest BCUT2D eigenvalue weighted by atomic mass is 32.9. The van der Waals surface area contributed by atoms with Gasteiger partial charge in [-0.3, -0.25) is 14.3 Å². The summed E-state index contributed by atoms with van der Waals surface area (Å²) in [5, 5.41) is 0.302. The molecule has 1 aromatic heterocycles. The van der Waals surface area contributed by atoms with E-state index >= 15 is 0 Å². The van der Waals surface area contributed by atoms with Crippen molar-refractivity contribution in [2.45, 2.75) is 89.1 Å². The lowest BCUT2D eigenvalue weighted by Crippen LogP contribution is -2.40. The van der Waals surface area contributed by atoms with Crippen LogP contribution in [0.2, 0.25) is 0 Å². The van der Waals surface area contributed by atoms with Crippen LogP contribution in [0.1, 0.15) is 64.7 Å². The van der Waals surface area contributed by atoms with E-state index in [9.17, 15) is 9.59 Å². The van der Waals surface area contributed by atoms with Gasteiger partial charge >= 0.3 is 5.69 Å². The number of aromatic amines is 1. The summed E-state index contributed by atoms with van der Waals surface area (Å²) in [4.78, 5) is 26.4. The highest BCUT2D eigenvalue weighted by Gasteiger charge is 2.54. The second-order valence-corrected chi connectivity index (χ2v) is 15.4. The second kappa shape index (κ2) is 8.58. The van der Waals surface area contributed by atoms with E-state index in [0.29, 0.717) is 23.2 Å². The Hall–Kier alpha value is -0.700. The number of aryl methyl sites for hydroxylation is 1. The molecule has 31 heavy (non-hydrogen) atoms. The number of ether oxygens (including phenoxy) is 1. The third kappa shape index (κ3) is 4.55. The molecule has 2 saturated heterocycles. The first kappa shape index (κ1) is 23.5. The van der Waals surface area contributed by atoms with Crippen LogP contribution >= 0.6 is 17.1 Å². The normalized spacial score (nSPS) is 40.1. The fourth-order valence-electron chi connectivity index (χ4n) is 4.74. The van der Waals surface area contributed by atoms with Gasteiger partial charge in [-0.15, -0.1) is 0 Å². The van der Waals surface area contributed by atoms with Crippen molar-refractivity contribution in [3.05, 3.63) is 44.8 Å². The molecule has 10 heteroatoms. The molecule has 0 amide bonds. The number of aromatic nitrogens is 2. The van der Waals surface area contributed by atoms with E-state index in [4.69, 9.17) is 25.6 Å². The quantitative estimate of drug-likeness (QED) is 0.487. The van der Waals surface area contributed by atoms with Crippen LogP contribution in [-0.4, -0.2) is 32.6 Å². The molecular formula is C21H31N2O5PS2. The molecule has 1 aromatic rings. The SMILES string of the molecule is C=C(C)[C@H]1CC[C@@]2(C)OP(=S)(O[C@H]3C[C@H](n4cc(C)c(=O)[nH]c4=O)O[C@@H]3CC)SC2C1. The minimum atomic E-state index is -2.55. The van der Waals surface area contributed by atoms with Crippen molar-refractivity contribution < 1.29 is 13.8 Å². The van der Waals surface area contributed by atoms with Gasteiger partial charge in [-0.2, -0.15) is 0 Å². The molecule has 0 bridgehead atoms. The molecule has 1 aliphatic carbocycles. The number of hydrogen-bond acceptors (Lipinski definition) is 7. The first-order chi connectivity index (χ1) is 14.5. The zero-order valence-electron chi connectivity index (χ0n) is 18.5. The van der Waals surface area contributed by atoms with Gasteiger partial charge in [0.25, 0.3) is 5.56 Å². The van der Waals surface area contributed by atoms with Gasteiger partial charge in [0.1, 0.15) is 6.23 Å². The van der Waals surface area contributed by atoms with E-state index in [0.717, 1.165) is 25.7 Å². The van der Waals surface area contributed by atoms with Crippen LogP contribution in [0.5, 0.6) is 0 Å². The van der Waals surface area contributed by atoms with Crippen LogP contribution in [0.4, 0.5) is 0 Å². The van der Waals surface area contributed by atoms with E-state index in [1.807, 2.05) is 6.92 Å². The fraction of sp³-hybridized carbons (Fsp3) is 0.714. The van der Waals surface area contributed by atoms with Gasteiger partial charge < -0.3 is 13.8 Å². The Kier molecular flexibility index (Phi) is 6.49. The summed E-state index contributed by atoms with van der Waals surface area (Å²) in [6.45, 7) is 12.1. The van der Waals surface area contributed by atoms with Crippen molar-refractivity contribution in [1.29, 1.82) is 0 Å². The van der Waals surface area contributed by atoms with Crippen LogP contribution in [-0.2, 0) is 25.6 Å². The second-order valence-electron chi connectivity index (χ2n) is 9.16. The van der Waals surface area contributed by atoms with Crippen LogP contribution in [0, 0.1) is 12.8 Å². The molecule has 7 atom stereocenters. The van der Waals surface area contributed by atoms with Gasteiger partial charge in [0.15, 0.2) is 0 Å². The molecule has 7 nitrogen and oxygen atoms in total. The first-order valence-corrected chi connectivity index (χ1v) is 15.0. The Bertz CT molecular complexity index is 1040. The minimum absolute atomic E-state index is 0.188. The van der Waals surface area contributed by atoms with E-state index in [-0.39, 0.29) is 23.4 Å². The predicted octanol–water partition coefficient (Wildman–Crippen LogP) is 4.42. The molecule has 172 valence electrons. The smallest absolute Gasteiger partial charge is 0.330 e. The topological polar surface area (TPSA) is 82.5 Å². The maximum Gasteiger partial charge on any atom is 0.330 e. The number of H-pyrrole nitrogens is 1. The zero-order valence-corrected chi connectivity index (χ0v) is 21.0. The molecule has 3 fully saturated rings. The van der Waals surface area contributed by atoms with Crippen molar-refractivity contribution in [3.63, 3.8) is 0 Å². The lowest BCUT2D eigenvalue weighted by atomic mass is 9.77. The van der Waals surface area contributed by atoms with Gasteiger partial charge in [-0.25, -0.2) is 4.79 Å². The Labute approximate surface area is 191 Å². The molecule has 3 aliphatic rings. The molecule has 1 saturated carbocycles. The van der Waals surface area contributed by atoms with Crippen molar-refractivity contribution in [2.75, 3.05) is 0 Å². The molecule has 4 rings (SSSR count). The van der Waals surface area contributed by atoms with E-state index in [2.05, 4.69) is 25.4 Å². The molecule has 0 radical (unpaired) electrons. The average Bonchev–Trinajstić information content (AvgIpc) is 3.20. The molecule has 3 heterocycles. The standard InChI is InChI=1S/C21H31N2O5PS2/c1-6-15-16(10-18(26-15)23-11-13(4)19(24)22-20(23)25)27-29(30)28-21(5)8-7-14(12(2)3)9-17(21)31-29/h11,14-18H,2,6-10H2,1,3-5H3,(H,22,24,25)/t14-,15+,16-,17?,18+,21+,29?/m0/s1. The Morgan fingerprint density at radius 2 is 2.23 bits per heavy atom. The summed E-state index contributed by atoms with van der Waals surface area (Å²) < 4.78 is 20.6. The molecule has 0 aromatic carbocycles. The minimum Gasteiger partial charge on any atom is -0.352 e. The lowest BCUT2D eigenvalue weighted by molar-refractivity contribution is -0.0205. The maximum absolute atomic E-state index is 12.3. The predicted molar refractivity (Wildman–Crippen MR) is 127 cm³/mol. The van der Waals surface area contributed by atoms with E-state index in [1.165, 1.54) is 10.1 Å². The largest absolute Gasteiger partial charge is 0.352 e. The summed E-state index contributed by atoms with van der Waals surface area (Å²) >= 11 is 7.64. The van der Waals surface area contributed by atoms with Gasteiger partial charge in [-0.05, 0) is 64.2 Å². The number of allylic oxidation sites excluding steroid dienone is 1. The van der Waals surface area contributed by atoms with Crippen LogP contribution in [0.15, 0.2) is 27.9 Å². The van der Waals surface area contributed by atoms with Gasteiger partial charge in [0.05, 0.1) is 17.8 Å². The summed E-state index contributed by atoms with van der Waals surface area (Å²) in [7, 11) is 0. The van der Waals surface area contributed by atoms with Gasteiger partial charge in [0, 0.05) is 23.4 Å². The third-order valence-corrected chi connectivity index (χ3v) is 12.4. The van der Waals surface area contributed by atoms with Crippen LogP contribution in [0.25, 0.3) is 0 Å². The van der Waals surface area contributed by atoms with Crippen LogP contribution in [0.3, 0.4) is 0 Å². The molecule has 2 unspecified atom stereocenters. The molecule has 2 aliphatic heterocycles. The Morgan fingerprint density at radius 3 is 2.90 bits per heavy atom. The van der Waals surface area contributed by atoms with E-state index in [1.54, 1.807) is 24.5 Å². The number of nitrogens with one attached hydrogen (secondary N) is 1. The summed E-state index contributed by atoms with van der Waals surface area (Å²) in [5.74, 6) is 0.508. The number of nitrogens with zero attached hydrogens (tertiary/aromatic N) is 1. The van der Waals surface area contributed by atoms with E-state index < -0.39 is 17.6 Å². The number of fused-ring (bicyclic) bond motifs is 1. The van der Waals surface area contributed by atoms with Crippen molar-refractivity contribution in [1.82, 2.24) is 9.55 Å². The summed E-state index contributed by atoms with van der Waals surface area (Å²) in [6, 6.07) is 0. The highest BCUT2D eigenvalue weighted by molar-refractivity contribution is 8.68. The summed E-state index contributed by atoms with van der Waals surface area (Å²) in [6.07, 6.45) is 4.87. The number of rotatable bonds is 5. The van der Waals surface area contributed by atoms with Crippen LogP contribution < -0.4 is 11.2 Å². The van der Waals surface area contributed by atoms with Crippen molar-refractivity contribution in [2.24, 2.45) is 5.92 Å². The lowest BCUT2D eigenvalue weighted by Gasteiger charge is -2.37. The Morgan fingerprint density at radius 1 is 1.48 bits per heavy atom. The summed E-state index contributed by atoms with van der Waals surface area (Å²) in [5.41, 5.74) is -1.98. The third-order valence-electron chi connectivity index (χ3n) is 6.75. The van der Waals surface area contributed by atoms with Gasteiger partial charge in [-0.1, -0.05) is 30.5 Å². The molecule has 1 N–H and O–H groups in total. The number of hydrogen-bond donors (Lipinski definition) is 1. The van der Waals surface area contributed by atoms with Gasteiger partial charge in [0.2, 0.25) is 5.69 Å². The van der Waals surface area contributed by atoms with Crippen molar-refractivity contribution in [3.8, 4) is 0 Å². The highest BCUT2D eigenvalue weighted by Crippen LogP contribution is 2.75. The molecule has 0 spiro atoms. The Balaban J connectivity index is 1.51. The fourth-order valence-corrected chi connectivity index (χ4v) is 12.0.